The lowest BCUT2D eigenvalue weighted by atomic mass is 9.74. The lowest BCUT2D eigenvalue weighted by Gasteiger charge is -2.28. The summed E-state index contributed by atoms with van der Waals surface area (Å²) in [6, 6.07) is 0. The van der Waals surface area contributed by atoms with Crippen molar-refractivity contribution in [1.82, 2.24) is 0 Å². The number of allylic oxidation sites excluding steroid dienone is 10. The van der Waals surface area contributed by atoms with Crippen molar-refractivity contribution in [2.24, 2.45) is 5.41 Å². The first-order chi connectivity index (χ1) is 8.49. The Morgan fingerprint density at radius 1 is 1.22 bits per heavy atom. The van der Waals surface area contributed by atoms with Crippen LogP contribution in [0.4, 0.5) is 0 Å². The average molecular weight is 253 g/mol. The molecule has 0 bridgehead atoms. The second-order valence-electron chi connectivity index (χ2n) is 5.36. The summed E-state index contributed by atoms with van der Waals surface area (Å²) in [6.45, 7) is 4.39. The minimum Gasteiger partial charge on any atom is -0.423 e. The molecule has 0 spiro atoms. The van der Waals surface area contributed by atoms with E-state index in [9.17, 15) is 10.0 Å². The molecule has 4 heteroatoms. The van der Waals surface area contributed by atoms with Crippen LogP contribution in [0.5, 0.6) is 0 Å². The maximum atomic E-state index is 9.31. The van der Waals surface area contributed by atoms with Gasteiger partial charge in [-0.15, -0.1) is 0 Å². The second-order valence-corrected chi connectivity index (χ2v) is 6.47. The van der Waals surface area contributed by atoms with Crippen molar-refractivity contribution < 1.29 is 10.0 Å². The molecule has 89 valence electrons. The van der Waals surface area contributed by atoms with Crippen LogP contribution in [0.1, 0.15) is 13.8 Å². The van der Waals surface area contributed by atoms with Gasteiger partial charge in [0.1, 0.15) is 0 Å². The fourth-order valence-electron chi connectivity index (χ4n) is 2.71. The van der Waals surface area contributed by atoms with E-state index < -0.39 is 7.12 Å². The Morgan fingerprint density at radius 2 is 2.00 bits per heavy atom. The summed E-state index contributed by atoms with van der Waals surface area (Å²) >= 11 is 0. The average Bonchev–Trinajstić information content (AvgIpc) is 2.66. The van der Waals surface area contributed by atoms with Crippen molar-refractivity contribution in [2.75, 3.05) is 0 Å². The molecule has 1 aliphatic heterocycles. The quantitative estimate of drug-likeness (QED) is 0.688. The number of hydrogen-bond donors (Lipinski definition) is 2. The fraction of sp³-hybridized carbons (Fsp3) is 0.214. The van der Waals surface area contributed by atoms with E-state index >= 15 is 0 Å². The third kappa shape index (κ3) is 1.69. The van der Waals surface area contributed by atoms with Crippen molar-refractivity contribution in [3.05, 3.63) is 57.8 Å². The smallest absolute Gasteiger partial charge is 0.423 e. The van der Waals surface area contributed by atoms with Crippen LogP contribution in [0.2, 0.25) is 0 Å². The van der Waals surface area contributed by atoms with Gasteiger partial charge in [0, 0.05) is 5.41 Å². The van der Waals surface area contributed by atoms with E-state index in [0.717, 1.165) is 0 Å². The Hall–Kier alpha value is -1.23. The lowest BCUT2D eigenvalue weighted by molar-refractivity contribution is 0.422. The summed E-state index contributed by atoms with van der Waals surface area (Å²) < 4.78 is 0. The molecule has 0 saturated carbocycles. The first-order valence-electron chi connectivity index (χ1n) is 6.03. The van der Waals surface area contributed by atoms with Gasteiger partial charge >= 0.3 is 7.12 Å². The van der Waals surface area contributed by atoms with Crippen molar-refractivity contribution in [3.63, 3.8) is 0 Å². The van der Waals surface area contributed by atoms with Gasteiger partial charge in [0.05, 0.1) is 9.13 Å². The highest BCUT2D eigenvalue weighted by Crippen LogP contribution is 2.45. The van der Waals surface area contributed by atoms with Gasteiger partial charge in [-0.05, 0) is 27.4 Å². The van der Waals surface area contributed by atoms with E-state index in [-0.39, 0.29) is 5.41 Å². The van der Waals surface area contributed by atoms with Crippen LogP contribution in [0.15, 0.2) is 57.8 Å². The van der Waals surface area contributed by atoms with Gasteiger partial charge < -0.3 is 10.0 Å². The van der Waals surface area contributed by atoms with Gasteiger partial charge in [-0.25, -0.2) is 0 Å². The van der Waals surface area contributed by atoms with Gasteiger partial charge in [-0.2, -0.15) is 0 Å². The van der Waals surface area contributed by atoms with E-state index in [2.05, 4.69) is 38.2 Å². The molecule has 0 aromatic heterocycles. The zero-order valence-corrected chi connectivity index (χ0v) is 11.4. The Balaban J connectivity index is 2.19. The Kier molecular flexibility index (Phi) is 2.55. The maximum absolute atomic E-state index is 9.31. The topological polar surface area (TPSA) is 40.5 Å². The highest BCUT2D eigenvalue weighted by Gasteiger charge is 2.33. The summed E-state index contributed by atoms with van der Waals surface area (Å²) in [4.78, 5) is 0. The summed E-state index contributed by atoms with van der Waals surface area (Å²) in [7, 11) is -0.861. The van der Waals surface area contributed by atoms with Crippen LogP contribution in [0.25, 0.3) is 0 Å². The van der Waals surface area contributed by atoms with Crippen LogP contribution < -0.4 is 0 Å². The van der Waals surface area contributed by atoms with Crippen molar-refractivity contribution in [1.29, 1.82) is 0 Å². The highest BCUT2D eigenvalue weighted by molar-refractivity contribution is 6.70. The standard InChI is InChI=1S/C14H14BO2Si/c1-14(2)5-3-4-9-6-12-11(13(9)14)7-10(8-18-12)15(16)17/h3-8,16-17H,1-2H3. The van der Waals surface area contributed by atoms with Crippen molar-refractivity contribution in [2.45, 2.75) is 13.8 Å². The van der Waals surface area contributed by atoms with Gasteiger partial charge in [0.25, 0.3) is 0 Å². The Bertz CT molecular complexity index is 601. The molecule has 18 heavy (non-hydrogen) atoms. The SMILES string of the molecule is CC1(C)C=CC=C2C=C3[Si]=CC(B(O)O)=CC3=C21. The van der Waals surface area contributed by atoms with E-state index in [1.807, 2.05) is 11.7 Å². The molecule has 0 unspecified atom stereocenters. The molecule has 2 aliphatic carbocycles. The zero-order chi connectivity index (χ0) is 12.9. The van der Waals surface area contributed by atoms with E-state index in [1.54, 1.807) is 0 Å². The molecule has 3 rings (SSSR count). The third-order valence-corrected chi connectivity index (χ3v) is 4.79. The Labute approximate surface area is 109 Å². The molecule has 0 amide bonds. The summed E-state index contributed by atoms with van der Waals surface area (Å²) in [6.07, 6.45) is 10.6. The van der Waals surface area contributed by atoms with Crippen molar-refractivity contribution in [3.8, 4) is 0 Å². The predicted octanol–water partition coefficient (Wildman–Crippen LogP) is 1.16. The van der Waals surface area contributed by atoms with E-state index in [1.165, 1.54) is 21.9 Å². The van der Waals surface area contributed by atoms with E-state index in [0.29, 0.717) is 14.6 Å². The molecular weight excluding hydrogens is 239 g/mol. The first-order valence-corrected chi connectivity index (χ1v) is 7.11. The van der Waals surface area contributed by atoms with Gasteiger partial charge in [0.15, 0.2) is 0 Å². The lowest BCUT2D eigenvalue weighted by Crippen LogP contribution is -2.21. The summed E-state index contributed by atoms with van der Waals surface area (Å²) in [5, 5.41) is 19.9. The molecule has 2 N–H and O–H groups in total. The zero-order valence-electron chi connectivity index (χ0n) is 10.4. The van der Waals surface area contributed by atoms with Crippen LogP contribution in [0, 0.1) is 5.41 Å². The Morgan fingerprint density at radius 3 is 2.72 bits per heavy atom. The maximum Gasteiger partial charge on any atom is 0.488 e. The van der Waals surface area contributed by atoms with E-state index in [4.69, 9.17) is 0 Å². The minimum atomic E-state index is -1.37. The summed E-state index contributed by atoms with van der Waals surface area (Å²) in [5.41, 5.74) is 6.27. The molecule has 0 saturated heterocycles. The number of hydrogen-bond acceptors (Lipinski definition) is 2. The number of rotatable bonds is 1. The van der Waals surface area contributed by atoms with Gasteiger partial charge in [0.2, 0.25) is 0 Å². The molecular formula is C14H14BO2Si. The van der Waals surface area contributed by atoms with Crippen LogP contribution in [-0.4, -0.2) is 32.0 Å². The molecule has 0 aromatic rings. The molecule has 0 atom stereocenters. The molecule has 0 aromatic carbocycles. The largest absolute Gasteiger partial charge is 0.488 e. The molecule has 3 aliphatic rings. The van der Waals surface area contributed by atoms with Gasteiger partial charge in [-0.1, -0.05) is 49.9 Å². The van der Waals surface area contributed by atoms with Gasteiger partial charge in [-0.3, -0.25) is 0 Å². The van der Waals surface area contributed by atoms with Crippen molar-refractivity contribution >= 4 is 21.9 Å². The number of fused-ring (bicyclic) bond motifs is 2. The normalized spacial score (nSPS) is 23.2. The minimum absolute atomic E-state index is 0.00149. The molecule has 0 fully saturated rings. The monoisotopic (exact) mass is 253 g/mol. The van der Waals surface area contributed by atoms with Crippen LogP contribution >= 0.6 is 0 Å². The van der Waals surface area contributed by atoms with Crippen LogP contribution in [-0.2, 0) is 0 Å². The third-order valence-electron chi connectivity index (χ3n) is 3.58. The fourth-order valence-corrected chi connectivity index (χ4v) is 3.86. The summed E-state index contributed by atoms with van der Waals surface area (Å²) in [5.74, 6) is 0. The first kappa shape index (κ1) is 11.8. The molecule has 1 radical (unpaired) electrons. The molecule has 2 nitrogen and oxygen atoms in total. The molecule has 1 heterocycles. The second kappa shape index (κ2) is 3.88. The predicted molar refractivity (Wildman–Crippen MR) is 76.2 cm³/mol. The highest BCUT2D eigenvalue weighted by atomic mass is 28.2. The van der Waals surface area contributed by atoms with Crippen LogP contribution in [0.3, 0.4) is 0 Å².